The summed E-state index contributed by atoms with van der Waals surface area (Å²) in [6.45, 7) is 7.77. The third kappa shape index (κ3) is 4.32. The van der Waals surface area contributed by atoms with Gasteiger partial charge in [-0.3, -0.25) is 14.5 Å². The largest absolute Gasteiger partial charge is 0.342 e. The molecule has 1 aromatic carbocycles. The Kier molecular flexibility index (Phi) is 6.09. The van der Waals surface area contributed by atoms with Gasteiger partial charge in [0.25, 0.3) is 5.91 Å². The molecule has 1 spiro atoms. The molecule has 35 heavy (non-hydrogen) atoms. The molecular weight excluding hydrogens is 442 g/mol. The van der Waals surface area contributed by atoms with Crippen molar-refractivity contribution >= 4 is 28.9 Å². The first-order valence-corrected chi connectivity index (χ1v) is 13.1. The van der Waals surface area contributed by atoms with Crippen molar-refractivity contribution in [2.45, 2.75) is 77.2 Å². The van der Waals surface area contributed by atoms with Crippen molar-refractivity contribution in [1.82, 2.24) is 25.1 Å². The average Bonchev–Trinajstić information content (AvgIpc) is 3.39. The first-order chi connectivity index (χ1) is 16.7. The number of nitrogens with one attached hydrogen (secondary N) is 2. The SMILES string of the molecule is CCC(C)(C)C1CCC2(CC1)NC(=O)N(CC(=O)N1CCCC(c3nc4ccccc4[nH]3)C1)C2=O. The normalized spacial score (nSPS) is 27.6. The molecule has 188 valence electrons. The Morgan fingerprint density at radius 1 is 1.17 bits per heavy atom. The molecule has 0 bridgehead atoms. The van der Waals surface area contributed by atoms with Crippen molar-refractivity contribution in [2.24, 2.45) is 11.3 Å². The number of carbonyl (C=O) groups excluding carboxylic acids is 3. The first-order valence-electron chi connectivity index (χ1n) is 13.1. The van der Waals surface area contributed by atoms with Crippen LogP contribution in [0.2, 0.25) is 0 Å². The number of nitrogens with zero attached hydrogens (tertiary/aromatic N) is 3. The van der Waals surface area contributed by atoms with E-state index in [9.17, 15) is 14.4 Å². The molecule has 2 saturated heterocycles. The Morgan fingerprint density at radius 2 is 1.91 bits per heavy atom. The van der Waals surface area contributed by atoms with E-state index >= 15 is 0 Å². The Morgan fingerprint density at radius 3 is 2.63 bits per heavy atom. The van der Waals surface area contributed by atoms with Gasteiger partial charge >= 0.3 is 6.03 Å². The molecule has 1 atom stereocenters. The minimum Gasteiger partial charge on any atom is -0.342 e. The van der Waals surface area contributed by atoms with Crippen molar-refractivity contribution in [3.63, 3.8) is 0 Å². The molecule has 8 heteroatoms. The number of fused-ring (bicyclic) bond motifs is 1. The van der Waals surface area contributed by atoms with Crippen LogP contribution in [0.15, 0.2) is 24.3 Å². The van der Waals surface area contributed by atoms with Crippen LogP contribution in [0.1, 0.15) is 77.5 Å². The fourth-order valence-electron chi connectivity index (χ4n) is 6.17. The maximum Gasteiger partial charge on any atom is 0.325 e. The van der Waals surface area contributed by atoms with E-state index in [1.807, 2.05) is 24.3 Å². The molecule has 1 aliphatic carbocycles. The smallest absolute Gasteiger partial charge is 0.325 e. The van der Waals surface area contributed by atoms with Crippen molar-refractivity contribution < 1.29 is 14.4 Å². The molecule has 2 aliphatic heterocycles. The van der Waals surface area contributed by atoms with Gasteiger partial charge in [0.15, 0.2) is 0 Å². The molecule has 0 radical (unpaired) electrons. The van der Waals surface area contributed by atoms with Gasteiger partial charge in [-0.2, -0.15) is 0 Å². The van der Waals surface area contributed by atoms with Crippen LogP contribution >= 0.6 is 0 Å². The number of benzene rings is 1. The third-order valence-corrected chi connectivity index (χ3v) is 8.96. The maximum atomic E-state index is 13.4. The van der Waals surface area contributed by atoms with E-state index < -0.39 is 11.6 Å². The van der Waals surface area contributed by atoms with E-state index in [-0.39, 0.29) is 29.7 Å². The summed E-state index contributed by atoms with van der Waals surface area (Å²) in [5.41, 5.74) is 1.31. The van der Waals surface area contributed by atoms with Crippen LogP contribution in [-0.2, 0) is 9.59 Å². The lowest BCUT2D eigenvalue weighted by Gasteiger charge is -2.42. The van der Waals surface area contributed by atoms with Crippen LogP contribution in [-0.4, -0.2) is 62.8 Å². The molecule has 5 rings (SSSR count). The van der Waals surface area contributed by atoms with Crippen LogP contribution in [0, 0.1) is 11.3 Å². The van der Waals surface area contributed by atoms with E-state index in [0.717, 1.165) is 53.9 Å². The number of para-hydroxylation sites is 2. The Balaban J connectivity index is 1.22. The predicted molar refractivity (Wildman–Crippen MR) is 134 cm³/mol. The molecule has 8 nitrogen and oxygen atoms in total. The Labute approximate surface area is 206 Å². The zero-order valence-electron chi connectivity index (χ0n) is 21.1. The minimum atomic E-state index is -0.837. The number of imide groups is 1. The van der Waals surface area contributed by atoms with Gasteiger partial charge in [0.1, 0.15) is 17.9 Å². The van der Waals surface area contributed by atoms with Crippen molar-refractivity contribution in [3.8, 4) is 0 Å². The summed E-state index contributed by atoms with van der Waals surface area (Å²) < 4.78 is 0. The number of imidazole rings is 1. The number of hydrogen-bond acceptors (Lipinski definition) is 4. The van der Waals surface area contributed by atoms with Crippen LogP contribution in [0.5, 0.6) is 0 Å². The van der Waals surface area contributed by atoms with Gasteiger partial charge in [-0.05, 0) is 62.0 Å². The number of aromatic nitrogens is 2. The van der Waals surface area contributed by atoms with Gasteiger partial charge in [0, 0.05) is 19.0 Å². The monoisotopic (exact) mass is 479 g/mol. The standard InChI is InChI=1S/C27H37N5O3/c1-4-26(2,3)19-11-13-27(14-12-19)24(34)32(25(35)30-27)17-22(33)31-15-7-8-18(16-31)23-28-20-9-5-6-10-21(20)29-23/h5-6,9-10,18-19H,4,7-8,11-17H2,1-3H3,(H,28,29)(H,30,35). The van der Waals surface area contributed by atoms with E-state index in [4.69, 9.17) is 4.98 Å². The van der Waals surface area contributed by atoms with E-state index in [2.05, 4.69) is 31.1 Å². The second-order valence-corrected chi connectivity index (χ2v) is 11.3. The van der Waals surface area contributed by atoms with Crippen LogP contribution in [0.4, 0.5) is 4.79 Å². The Bertz CT molecular complexity index is 1100. The summed E-state index contributed by atoms with van der Waals surface area (Å²) in [7, 11) is 0. The zero-order chi connectivity index (χ0) is 24.8. The summed E-state index contributed by atoms with van der Waals surface area (Å²) in [6.07, 6.45) is 6.04. The van der Waals surface area contributed by atoms with Gasteiger partial charge in [-0.1, -0.05) is 39.3 Å². The number of amides is 4. The fourth-order valence-corrected chi connectivity index (χ4v) is 6.17. The average molecular weight is 480 g/mol. The molecule has 1 aromatic heterocycles. The maximum absolute atomic E-state index is 13.4. The zero-order valence-corrected chi connectivity index (χ0v) is 21.1. The molecule has 3 heterocycles. The van der Waals surface area contributed by atoms with Gasteiger partial charge < -0.3 is 15.2 Å². The second kappa shape index (κ2) is 8.95. The topological polar surface area (TPSA) is 98.4 Å². The molecule has 2 N–H and O–H groups in total. The predicted octanol–water partition coefficient (Wildman–Crippen LogP) is 4.19. The second-order valence-electron chi connectivity index (χ2n) is 11.3. The molecule has 4 amide bonds. The number of aromatic amines is 1. The summed E-state index contributed by atoms with van der Waals surface area (Å²) in [4.78, 5) is 50.4. The number of hydrogen-bond donors (Lipinski definition) is 2. The van der Waals surface area contributed by atoms with E-state index in [1.54, 1.807) is 4.90 Å². The first kappa shape index (κ1) is 23.8. The van der Waals surface area contributed by atoms with Gasteiger partial charge in [0.2, 0.25) is 5.91 Å². The summed E-state index contributed by atoms with van der Waals surface area (Å²) in [6, 6.07) is 7.49. The minimum absolute atomic E-state index is 0.117. The fraction of sp³-hybridized carbons (Fsp3) is 0.630. The lowest BCUT2D eigenvalue weighted by Crippen LogP contribution is -2.51. The quantitative estimate of drug-likeness (QED) is 0.629. The number of likely N-dealkylation sites (tertiary alicyclic amines) is 1. The summed E-state index contributed by atoms with van der Waals surface area (Å²) in [5, 5.41) is 2.97. The molecule has 2 aromatic rings. The molecule has 3 fully saturated rings. The van der Waals surface area contributed by atoms with Gasteiger partial charge in [-0.15, -0.1) is 0 Å². The molecular formula is C27H37N5O3. The third-order valence-electron chi connectivity index (χ3n) is 8.96. The number of piperidine rings is 1. The number of carbonyl (C=O) groups is 3. The van der Waals surface area contributed by atoms with Gasteiger partial charge in [-0.25, -0.2) is 9.78 Å². The highest BCUT2D eigenvalue weighted by Crippen LogP contribution is 2.45. The van der Waals surface area contributed by atoms with Crippen molar-refractivity contribution in [2.75, 3.05) is 19.6 Å². The van der Waals surface area contributed by atoms with Crippen LogP contribution in [0.25, 0.3) is 11.0 Å². The number of H-pyrrole nitrogens is 1. The highest BCUT2D eigenvalue weighted by molar-refractivity contribution is 6.09. The Hall–Kier alpha value is -2.90. The summed E-state index contributed by atoms with van der Waals surface area (Å²) in [5.74, 6) is 1.15. The molecule has 1 saturated carbocycles. The van der Waals surface area contributed by atoms with Crippen molar-refractivity contribution in [3.05, 3.63) is 30.1 Å². The van der Waals surface area contributed by atoms with E-state index in [1.165, 1.54) is 0 Å². The van der Waals surface area contributed by atoms with Gasteiger partial charge in [0.05, 0.1) is 11.0 Å². The van der Waals surface area contributed by atoms with Crippen LogP contribution < -0.4 is 5.32 Å². The lowest BCUT2D eigenvalue weighted by molar-refractivity contribution is -0.140. The van der Waals surface area contributed by atoms with Crippen molar-refractivity contribution in [1.29, 1.82) is 0 Å². The lowest BCUT2D eigenvalue weighted by atomic mass is 9.65. The molecule has 3 aliphatic rings. The summed E-state index contributed by atoms with van der Waals surface area (Å²) >= 11 is 0. The number of rotatable bonds is 5. The highest BCUT2D eigenvalue weighted by atomic mass is 16.2. The van der Waals surface area contributed by atoms with E-state index in [0.29, 0.717) is 31.8 Å². The molecule has 1 unspecified atom stereocenters. The van der Waals surface area contributed by atoms with Crippen LogP contribution in [0.3, 0.4) is 0 Å². The highest BCUT2D eigenvalue weighted by Gasteiger charge is 2.54. The number of urea groups is 1.